The van der Waals surface area contributed by atoms with Crippen molar-refractivity contribution in [1.82, 2.24) is 5.32 Å². The summed E-state index contributed by atoms with van der Waals surface area (Å²) >= 11 is 3.38. The lowest BCUT2D eigenvalue weighted by atomic mass is 10.2. The predicted octanol–water partition coefficient (Wildman–Crippen LogP) is 3.32. The molecule has 0 heterocycles. The zero-order chi connectivity index (χ0) is 13.5. The molecule has 2 aromatic carbocycles. The molecule has 19 heavy (non-hydrogen) atoms. The van der Waals surface area contributed by atoms with Gasteiger partial charge in [0.25, 0.3) is 0 Å². The molecule has 0 atom stereocenters. The van der Waals surface area contributed by atoms with Crippen LogP contribution in [0.1, 0.15) is 5.56 Å². The molecular formula is C15H16BrNO2. The van der Waals surface area contributed by atoms with Crippen molar-refractivity contribution in [2.45, 2.75) is 6.54 Å². The van der Waals surface area contributed by atoms with Crippen LogP contribution in [-0.2, 0) is 6.54 Å². The van der Waals surface area contributed by atoms with Crippen LogP contribution in [0.25, 0.3) is 0 Å². The molecule has 2 aromatic rings. The van der Waals surface area contributed by atoms with E-state index in [-0.39, 0.29) is 0 Å². The summed E-state index contributed by atoms with van der Waals surface area (Å²) in [5.74, 6) is 1.18. The molecule has 0 unspecified atom stereocenters. The number of phenols is 1. The second-order valence-electron chi connectivity index (χ2n) is 4.11. The van der Waals surface area contributed by atoms with E-state index in [2.05, 4.69) is 21.2 Å². The Morgan fingerprint density at radius 3 is 2.53 bits per heavy atom. The molecule has 100 valence electrons. The molecule has 0 saturated carbocycles. The SMILES string of the molecule is Oc1ccccc1CNCCOc1ccc(Br)cc1. The molecule has 0 radical (unpaired) electrons. The first kappa shape index (κ1) is 13.9. The highest BCUT2D eigenvalue weighted by atomic mass is 79.9. The van der Waals surface area contributed by atoms with Crippen LogP contribution in [0.5, 0.6) is 11.5 Å². The van der Waals surface area contributed by atoms with Crippen LogP contribution in [0.15, 0.2) is 53.0 Å². The smallest absolute Gasteiger partial charge is 0.120 e. The first-order valence-corrected chi connectivity index (χ1v) is 6.91. The third-order valence-corrected chi connectivity index (χ3v) is 3.20. The van der Waals surface area contributed by atoms with Gasteiger partial charge in [0.15, 0.2) is 0 Å². The summed E-state index contributed by atoms with van der Waals surface area (Å²) in [6, 6.07) is 15.1. The average molecular weight is 322 g/mol. The third-order valence-electron chi connectivity index (χ3n) is 2.67. The summed E-state index contributed by atoms with van der Waals surface area (Å²) in [5, 5.41) is 12.8. The molecule has 4 heteroatoms. The number of nitrogens with one attached hydrogen (secondary N) is 1. The fraction of sp³-hybridized carbons (Fsp3) is 0.200. The van der Waals surface area contributed by atoms with Gasteiger partial charge in [-0.25, -0.2) is 0 Å². The van der Waals surface area contributed by atoms with E-state index in [0.29, 0.717) is 18.9 Å². The molecule has 0 fully saturated rings. The summed E-state index contributed by atoms with van der Waals surface area (Å²) < 4.78 is 6.62. The molecule has 0 spiro atoms. The van der Waals surface area contributed by atoms with Crippen LogP contribution in [0, 0.1) is 0 Å². The molecular weight excluding hydrogens is 306 g/mol. The van der Waals surface area contributed by atoms with Gasteiger partial charge in [-0.1, -0.05) is 34.1 Å². The van der Waals surface area contributed by atoms with E-state index in [4.69, 9.17) is 4.74 Å². The standard InChI is InChI=1S/C15H16BrNO2/c16-13-5-7-14(8-6-13)19-10-9-17-11-12-3-1-2-4-15(12)18/h1-8,17-18H,9-11H2. The molecule has 0 aliphatic heterocycles. The summed E-state index contributed by atoms with van der Waals surface area (Å²) in [4.78, 5) is 0. The van der Waals surface area contributed by atoms with Gasteiger partial charge in [0, 0.05) is 23.1 Å². The van der Waals surface area contributed by atoms with Crippen molar-refractivity contribution in [2.75, 3.05) is 13.2 Å². The van der Waals surface area contributed by atoms with Gasteiger partial charge in [-0.05, 0) is 30.3 Å². The van der Waals surface area contributed by atoms with Crippen molar-refractivity contribution in [3.05, 3.63) is 58.6 Å². The highest BCUT2D eigenvalue weighted by Gasteiger charge is 1.98. The van der Waals surface area contributed by atoms with Crippen LogP contribution < -0.4 is 10.1 Å². The second kappa shape index (κ2) is 7.16. The highest BCUT2D eigenvalue weighted by molar-refractivity contribution is 9.10. The number of rotatable bonds is 6. The second-order valence-corrected chi connectivity index (χ2v) is 5.02. The number of halogens is 1. The number of phenolic OH excluding ortho intramolecular Hbond substituents is 1. The fourth-order valence-corrected chi connectivity index (χ4v) is 1.92. The van der Waals surface area contributed by atoms with Crippen LogP contribution in [-0.4, -0.2) is 18.3 Å². The first-order valence-electron chi connectivity index (χ1n) is 6.11. The largest absolute Gasteiger partial charge is 0.508 e. The third kappa shape index (κ3) is 4.58. The van der Waals surface area contributed by atoms with E-state index in [0.717, 1.165) is 22.3 Å². The minimum absolute atomic E-state index is 0.323. The topological polar surface area (TPSA) is 41.5 Å². The Kier molecular flexibility index (Phi) is 5.24. The Morgan fingerprint density at radius 1 is 1.05 bits per heavy atom. The minimum Gasteiger partial charge on any atom is -0.508 e. The van der Waals surface area contributed by atoms with E-state index in [1.54, 1.807) is 6.07 Å². The minimum atomic E-state index is 0.323. The molecule has 0 aliphatic rings. The van der Waals surface area contributed by atoms with E-state index < -0.39 is 0 Å². The van der Waals surface area contributed by atoms with Crippen LogP contribution in [0.4, 0.5) is 0 Å². The highest BCUT2D eigenvalue weighted by Crippen LogP contribution is 2.16. The van der Waals surface area contributed by atoms with Crippen molar-refractivity contribution in [3.8, 4) is 11.5 Å². The van der Waals surface area contributed by atoms with Crippen molar-refractivity contribution >= 4 is 15.9 Å². The summed E-state index contributed by atoms with van der Waals surface area (Å²) in [6.07, 6.45) is 0. The Labute approximate surface area is 121 Å². The molecule has 0 aromatic heterocycles. The van der Waals surface area contributed by atoms with Crippen LogP contribution >= 0.6 is 15.9 Å². The quantitative estimate of drug-likeness (QED) is 0.802. The van der Waals surface area contributed by atoms with Crippen molar-refractivity contribution < 1.29 is 9.84 Å². The molecule has 2 N–H and O–H groups in total. The molecule has 0 amide bonds. The lowest BCUT2D eigenvalue weighted by Crippen LogP contribution is -2.20. The zero-order valence-corrected chi connectivity index (χ0v) is 12.1. The van der Waals surface area contributed by atoms with Gasteiger partial charge in [0.05, 0.1) is 0 Å². The number of aromatic hydroxyl groups is 1. The normalized spacial score (nSPS) is 10.4. The number of para-hydroxylation sites is 1. The maximum Gasteiger partial charge on any atom is 0.120 e. The average Bonchev–Trinajstić information content (AvgIpc) is 2.42. The summed E-state index contributed by atoms with van der Waals surface area (Å²) in [6.45, 7) is 1.95. The van der Waals surface area contributed by atoms with E-state index in [1.165, 1.54) is 0 Å². The fourth-order valence-electron chi connectivity index (χ4n) is 1.66. The monoisotopic (exact) mass is 321 g/mol. The maximum absolute atomic E-state index is 9.60. The molecule has 0 saturated heterocycles. The molecule has 0 bridgehead atoms. The lowest BCUT2D eigenvalue weighted by molar-refractivity contribution is 0.313. The first-order chi connectivity index (χ1) is 9.25. The van der Waals surface area contributed by atoms with Crippen molar-refractivity contribution in [2.24, 2.45) is 0 Å². The Morgan fingerprint density at radius 2 is 1.79 bits per heavy atom. The summed E-state index contributed by atoms with van der Waals surface area (Å²) in [5.41, 5.74) is 0.895. The molecule has 0 aliphatic carbocycles. The van der Waals surface area contributed by atoms with Crippen LogP contribution in [0.3, 0.4) is 0 Å². The predicted molar refractivity (Wildman–Crippen MR) is 79.5 cm³/mol. The van der Waals surface area contributed by atoms with Gasteiger partial charge < -0.3 is 15.2 Å². The van der Waals surface area contributed by atoms with Gasteiger partial charge in [-0.2, -0.15) is 0 Å². The number of hydrogen-bond acceptors (Lipinski definition) is 3. The number of benzene rings is 2. The van der Waals surface area contributed by atoms with E-state index in [1.807, 2.05) is 42.5 Å². The van der Waals surface area contributed by atoms with Gasteiger partial charge in [-0.3, -0.25) is 0 Å². The molecule has 2 rings (SSSR count). The van der Waals surface area contributed by atoms with Gasteiger partial charge in [-0.15, -0.1) is 0 Å². The van der Waals surface area contributed by atoms with Crippen molar-refractivity contribution in [1.29, 1.82) is 0 Å². The molecule has 3 nitrogen and oxygen atoms in total. The maximum atomic E-state index is 9.60. The van der Waals surface area contributed by atoms with E-state index >= 15 is 0 Å². The van der Waals surface area contributed by atoms with Crippen LogP contribution in [0.2, 0.25) is 0 Å². The van der Waals surface area contributed by atoms with E-state index in [9.17, 15) is 5.11 Å². The van der Waals surface area contributed by atoms with Gasteiger partial charge in [0.2, 0.25) is 0 Å². The Balaban J connectivity index is 1.67. The lowest BCUT2D eigenvalue weighted by Gasteiger charge is -2.08. The number of hydrogen-bond donors (Lipinski definition) is 2. The zero-order valence-electron chi connectivity index (χ0n) is 10.5. The van der Waals surface area contributed by atoms with Gasteiger partial charge in [0.1, 0.15) is 18.1 Å². The number of ether oxygens (including phenoxy) is 1. The Bertz CT molecular complexity index is 514. The summed E-state index contributed by atoms with van der Waals surface area (Å²) in [7, 11) is 0. The van der Waals surface area contributed by atoms with Gasteiger partial charge >= 0.3 is 0 Å². The Hall–Kier alpha value is -1.52. The van der Waals surface area contributed by atoms with Crippen molar-refractivity contribution in [3.63, 3.8) is 0 Å².